The largest absolute Gasteiger partial charge is 0.444 e. The lowest BCUT2D eigenvalue weighted by atomic mass is 9.91. The van der Waals surface area contributed by atoms with Gasteiger partial charge in [0, 0.05) is 11.8 Å². The Balaban J connectivity index is 1.56. The Morgan fingerprint density at radius 2 is 1.74 bits per heavy atom. The van der Waals surface area contributed by atoms with Crippen molar-refractivity contribution in [1.29, 1.82) is 0 Å². The maximum absolute atomic E-state index is 15.0. The van der Waals surface area contributed by atoms with E-state index in [4.69, 9.17) is 20.9 Å². The summed E-state index contributed by atoms with van der Waals surface area (Å²) >= 11 is 6.70. The van der Waals surface area contributed by atoms with Crippen molar-refractivity contribution in [2.24, 2.45) is 0 Å². The predicted molar refractivity (Wildman–Crippen MR) is 161 cm³/mol. The van der Waals surface area contributed by atoms with E-state index in [0.717, 1.165) is 43.2 Å². The molecule has 1 aliphatic carbocycles. The fraction of sp³-hybridized carbons (Fsp3) is 0.438. The minimum Gasteiger partial charge on any atom is -0.444 e. The summed E-state index contributed by atoms with van der Waals surface area (Å²) in [5.41, 5.74) is 1.64. The van der Waals surface area contributed by atoms with Crippen LogP contribution in [0.3, 0.4) is 0 Å². The third kappa shape index (κ3) is 4.93. The summed E-state index contributed by atoms with van der Waals surface area (Å²) in [6, 6.07) is 12.0. The molecule has 10 heteroatoms. The molecule has 4 aromatic rings. The number of benzene rings is 2. The Labute approximate surface area is 248 Å². The van der Waals surface area contributed by atoms with Crippen molar-refractivity contribution in [1.82, 2.24) is 14.7 Å². The van der Waals surface area contributed by atoms with Gasteiger partial charge in [-0.15, -0.1) is 0 Å². The second-order valence-electron chi connectivity index (χ2n) is 12.3. The molecule has 0 radical (unpaired) electrons. The van der Waals surface area contributed by atoms with Gasteiger partial charge < -0.3 is 9.26 Å². The Bertz CT molecular complexity index is 1750. The van der Waals surface area contributed by atoms with Crippen LogP contribution >= 0.6 is 11.6 Å². The Kier molecular flexibility index (Phi) is 7.25. The van der Waals surface area contributed by atoms with Gasteiger partial charge in [-0.3, -0.25) is 14.5 Å². The molecule has 2 amide bonds. The third-order valence-electron chi connectivity index (χ3n) is 8.25. The number of pyridine rings is 1. The Morgan fingerprint density at radius 3 is 2.45 bits per heavy atom. The predicted octanol–water partition coefficient (Wildman–Crippen LogP) is 6.26. The molecule has 3 heterocycles. The molecular formula is C32H35ClN4O5. The fourth-order valence-corrected chi connectivity index (χ4v) is 6.58. The zero-order chi connectivity index (χ0) is 29.8. The molecule has 2 aromatic heterocycles. The maximum Gasteiger partial charge on any atom is 0.411 e. The average Bonchev–Trinajstić information content (AvgIpc) is 3.35. The molecule has 9 nitrogen and oxygen atoms in total. The van der Waals surface area contributed by atoms with E-state index in [2.05, 4.69) is 5.16 Å². The van der Waals surface area contributed by atoms with Crippen molar-refractivity contribution in [3.8, 4) is 0 Å². The van der Waals surface area contributed by atoms with Crippen molar-refractivity contribution in [2.45, 2.75) is 90.4 Å². The first-order valence-electron chi connectivity index (χ1n) is 14.5. The SMILES string of the molecule is Cc1onc2c1c(=O)n(N(C(=O)C1Cc3ccccc3CN1C(=O)OC(C)(C)C)C1CCCCC1)c1cccc(Cl)c21. The lowest BCUT2D eigenvalue weighted by Crippen LogP contribution is -2.61. The smallest absolute Gasteiger partial charge is 0.411 e. The van der Waals surface area contributed by atoms with Crippen LogP contribution < -0.4 is 10.6 Å². The molecule has 1 aliphatic heterocycles. The van der Waals surface area contributed by atoms with Gasteiger partial charge in [0.1, 0.15) is 28.3 Å². The van der Waals surface area contributed by atoms with Gasteiger partial charge in [-0.2, -0.15) is 0 Å². The molecule has 2 aliphatic rings. The highest BCUT2D eigenvalue weighted by Gasteiger charge is 2.42. The van der Waals surface area contributed by atoms with E-state index in [1.54, 1.807) is 50.9 Å². The van der Waals surface area contributed by atoms with Crippen LogP contribution in [-0.2, 0) is 22.5 Å². The second-order valence-corrected chi connectivity index (χ2v) is 12.7. The first-order chi connectivity index (χ1) is 20.0. The van der Waals surface area contributed by atoms with Crippen LogP contribution in [0.1, 0.15) is 69.8 Å². The third-order valence-corrected chi connectivity index (χ3v) is 8.56. The van der Waals surface area contributed by atoms with E-state index < -0.39 is 23.3 Å². The van der Waals surface area contributed by atoms with Gasteiger partial charge in [-0.1, -0.05) is 66.4 Å². The molecule has 1 unspecified atom stereocenters. The number of carbonyl (C=O) groups excluding carboxylic acids is 2. The minimum absolute atomic E-state index is 0.227. The summed E-state index contributed by atoms with van der Waals surface area (Å²) in [4.78, 5) is 44.4. The molecule has 0 N–H and O–H groups in total. The van der Waals surface area contributed by atoms with E-state index in [-0.39, 0.29) is 23.9 Å². The van der Waals surface area contributed by atoms with E-state index in [0.29, 0.717) is 33.6 Å². The molecule has 1 saturated carbocycles. The van der Waals surface area contributed by atoms with E-state index in [1.165, 1.54) is 9.58 Å². The summed E-state index contributed by atoms with van der Waals surface area (Å²) in [6.07, 6.45) is 4.13. The first kappa shape index (κ1) is 28.3. The number of rotatable bonds is 3. The molecule has 0 bridgehead atoms. The molecule has 0 spiro atoms. The zero-order valence-electron chi connectivity index (χ0n) is 24.4. The molecule has 2 aromatic carbocycles. The number of hydrogen-bond donors (Lipinski definition) is 0. The highest BCUT2D eigenvalue weighted by Crippen LogP contribution is 2.33. The molecule has 220 valence electrons. The summed E-state index contributed by atoms with van der Waals surface area (Å²) in [5, 5.41) is 6.98. The van der Waals surface area contributed by atoms with Crippen molar-refractivity contribution in [3.63, 3.8) is 0 Å². The topological polar surface area (TPSA) is 97.9 Å². The Hall–Kier alpha value is -3.85. The van der Waals surface area contributed by atoms with Crippen molar-refractivity contribution < 1.29 is 18.8 Å². The van der Waals surface area contributed by atoms with Crippen LogP contribution in [-0.4, -0.2) is 44.4 Å². The molecule has 42 heavy (non-hydrogen) atoms. The standard InChI is InChI=1S/C32H35ClN4O5/c1-19-26-28(34-42-19)27-23(33)15-10-16-24(27)37(30(26)39)36(22-13-6-5-7-14-22)29(38)25-17-20-11-8-9-12-21(20)18-35(25)31(40)41-32(2,3)4/h8-12,15-16,22,25H,5-7,13-14,17-18H2,1-4H3. The van der Waals surface area contributed by atoms with Gasteiger partial charge in [-0.25, -0.2) is 14.5 Å². The summed E-state index contributed by atoms with van der Waals surface area (Å²) < 4.78 is 12.7. The molecule has 6 rings (SSSR count). The number of aromatic nitrogens is 2. The van der Waals surface area contributed by atoms with Gasteiger partial charge in [0.25, 0.3) is 11.5 Å². The van der Waals surface area contributed by atoms with Crippen LogP contribution in [0.2, 0.25) is 5.02 Å². The zero-order valence-corrected chi connectivity index (χ0v) is 25.1. The highest BCUT2D eigenvalue weighted by molar-refractivity contribution is 6.37. The number of hydrogen-bond acceptors (Lipinski definition) is 6. The minimum atomic E-state index is -0.878. The van der Waals surface area contributed by atoms with Crippen LogP contribution in [0.15, 0.2) is 51.8 Å². The van der Waals surface area contributed by atoms with Crippen molar-refractivity contribution >= 4 is 45.4 Å². The van der Waals surface area contributed by atoms with Crippen LogP contribution in [0.4, 0.5) is 4.79 Å². The van der Waals surface area contributed by atoms with Crippen LogP contribution in [0, 0.1) is 6.92 Å². The highest BCUT2D eigenvalue weighted by atomic mass is 35.5. The number of ether oxygens (including phenoxy) is 1. The lowest BCUT2D eigenvalue weighted by Gasteiger charge is -2.42. The van der Waals surface area contributed by atoms with Gasteiger partial charge >= 0.3 is 6.09 Å². The first-order valence-corrected chi connectivity index (χ1v) is 14.9. The summed E-state index contributed by atoms with van der Waals surface area (Å²) in [6.45, 7) is 7.32. The van der Waals surface area contributed by atoms with E-state index in [9.17, 15) is 14.4 Å². The lowest BCUT2D eigenvalue weighted by molar-refractivity contribution is -0.126. The monoisotopic (exact) mass is 590 g/mol. The molecular weight excluding hydrogens is 556 g/mol. The average molecular weight is 591 g/mol. The number of aryl methyl sites for hydroxylation is 1. The van der Waals surface area contributed by atoms with Gasteiger partial charge in [-0.05, 0) is 63.8 Å². The number of fused-ring (bicyclic) bond motifs is 4. The van der Waals surface area contributed by atoms with Gasteiger partial charge in [0.2, 0.25) is 0 Å². The van der Waals surface area contributed by atoms with E-state index in [1.807, 2.05) is 24.3 Å². The molecule has 1 atom stereocenters. The second kappa shape index (κ2) is 10.8. The van der Waals surface area contributed by atoms with Crippen LogP contribution in [0.25, 0.3) is 21.8 Å². The summed E-state index contributed by atoms with van der Waals surface area (Å²) in [5.74, 6) is 0.0164. The van der Waals surface area contributed by atoms with Gasteiger partial charge in [0.15, 0.2) is 0 Å². The number of halogens is 1. The van der Waals surface area contributed by atoms with Crippen molar-refractivity contribution in [2.75, 3.05) is 5.01 Å². The van der Waals surface area contributed by atoms with Crippen molar-refractivity contribution in [3.05, 3.63) is 74.7 Å². The fourth-order valence-electron chi connectivity index (χ4n) is 6.32. The quantitative estimate of drug-likeness (QED) is 0.279. The number of nitrogens with zero attached hydrogens (tertiary/aromatic N) is 4. The Morgan fingerprint density at radius 1 is 1.02 bits per heavy atom. The summed E-state index contributed by atoms with van der Waals surface area (Å²) in [7, 11) is 0. The number of amides is 2. The molecule has 0 saturated heterocycles. The van der Waals surface area contributed by atoms with E-state index >= 15 is 0 Å². The van der Waals surface area contributed by atoms with Gasteiger partial charge in [0.05, 0.1) is 23.1 Å². The molecule has 1 fully saturated rings. The number of carbonyl (C=O) groups is 2. The maximum atomic E-state index is 15.0. The normalized spacial score (nSPS) is 17.8. The van der Waals surface area contributed by atoms with Crippen LogP contribution in [0.5, 0.6) is 0 Å².